The van der Waals surface area contributed by atoms with Gasteiger partial charge in [-0.15, -0.1) is 0 Å². The first-order chi connectivity index (χ1) is 11.2. The summed E-state index contributed by atoms with van der Waals surface area (Å²) in [4.78, 5) is 4.23. The van der Waals surface area contributed by atoms with Gasteiger partial charge in [0.2, 0.25) is 0 Å². The molecule has 6 nitrogen and oxygen atoms in total. The average Bonchev–Trinajstić information content (AvgIpc) is 3.00. The van der Waals surface area contributed by atoms with Crippen LogP contribution in [0.2, 0.25) is 0 Å². The molecule has 124 valence electrons. The molecule has 2 aromatic rings. The first-order valence-corrected chi connectivity index (χ1v) is 7.77. The molecule has 0 aliphatic heterocycles. The minimum Gasteiger partial charge on any atom is -0.497 e. The van der Waals surface area contributed by atoms with E-state index in [2.05, 4.69) is 32.9 Å². The molecule has 23 heavy (non-hydrogen) atoms. The van der Waals surface area contributed by atoms with Crippen LogP contribution in [0.5, 0.6) is 5.75 Å². The highest BCUT2D eigenvalue weighted by atomic mass is 16.5. The van der Waals surface area contributed by atoms with Gasteiger partial charge in [0, 0.05) is 26.8 Å². The Morgan fingerprint density at radius 2 is 2.00 bits per heavy atom. The normalized spacial score (nSPS) is 11.3. The second-order valence-corrected chi connectivity index (χ2v) is 5.25. The van der Waals surface area contributed by atoms with Gasteiger partial charge < -0.3 is 15.4 Å². The fraction of sp³-hybridized carbons (Fsp3) is 0.412. The Morgan fingerprint density at radius 3 is 2.61 bits per heavy atom. The number of aryl methyl sites for hydroxylation is 2. The summed E-state index contributed by atoms with van der Waals surface area (Å²) in [5, 5.41) is 10.8. The molecule has 0 amide bonds. The number of ether oxygens (including phenoxy) is 1. The Balaban J connectivity index is 1.68. The topological polar surface area (TPSA) is 63.5 Å². The first kappa shape index (κ1) is 16.9. The number of hydrogen-bond donors (Lipinski definition) is 2. The Morgan fingerprint density at radius 1 is 1.22 bits per heavy atom. The molecule has 0 unspecified atom stereocenters. The number of guanidine groups is 1. The van der Waals surface area contributed by atoms with Gasteiger partial charge in [0.1, 0.15) is 5.75 Å². The zero-order valence-electron chi connectivity index (χ0n) is 14.0. The number of benzene rings is 1. The maximum absolute atomic E-state index is 5.16. The summed E-state index contributed by atoms with van der Waals surface area (Å²) in [5.41, 5.74) is 2.43. The zero-order chi connectivity index (χ0) is 16.5. The van der Waals surface area contributed by atoms with Crippen LogP contribution in [0, 0.1) is 0 Å². The van der Waals surface area contributed by atoms with Crippen LogP contribution in [0.3, 0.4) is 0 Å². The van der Waals surface area contributed by atoms with E-state index in [0.717, 1.165) is 36.8 Å². The van der Waals surface area contributed by atoms with E-state index < -0.39 is 0 Å². The maximum Gasteiger partial charge on any atom is 0.191 e. The summed E-state index contributed by atoms with van der Waals surface area (Å²) in [5.74, 6) is 1.70. The summed E-state index contributed by atoms with van der Waals surface area (Å²) < 4.78 is 7.02. The molecule has 0 spiro atoms. The zero-order valence-corrected chi connectivity index (χ0v) is 14.0. The highest BCUT2D eigenvalue weighted by Gasteiger charge is 2.01. The molecular formula is C17H25N5O. The summed E-state index contributed by atoms with van der Waals surface area (Å²) in [6.45, 7) is 1.58. The molecule has 0 atom stereocenters. The van der Waals surface area contributed by atoms with E-state index in [1.54, 1.807) is 20.4 Å². The number of hydrogen-bond acceptors (Lipinski definition) is 3. The molecule has 0 saturated carbocycles. The molecule has 0 aliphatic carbocycles. The lowest BCUT2D eigenvalue weighted by Crippen LogP contribution is -2.37. The van der Waals surface area contributed by atoms with Crippen molar-refractivity contribution in [2.75, 3.05) is 20.7 Å². The average molecular weight is 315 g/mol. The number of aliphatic imine (C=N–C) groups is 1. The predicted molar refractivity (Wildman–Crippen MR) is 92.7 cm³/mol. The van der Waals surface area contributed by atoms with E-state index in [9.17, 15) is 0 Å². The first-order valence-electron chi connectivity index (χ1n) is 7.77. The summed E-state index contributed by atoms with van der Waals surface area (Å²) in [6.07, 6.45) is 3.86. The van der Waals surface area contributed by atoms with Crippen molar-refractivity contribution >= 4 is 5.96 Å². The lowest BCUT2D eigenvalue weighted by atomic mass is 10.1. The van der Waals surface area contributed by atoms with Crippen molar-refractivity contribution in [2.24, 2.45) is 12.0 Å². The van der Waals surface area contributed by atoms with Crippen molar-refractivity contribution in [1.29, 1.82) is 0 Å². The van der Waals surface area contributed by atoms with Crippen molar-refractivity contribution in [3.63, 3.8) is 0 Å². The molecule has 0 saturated heterocycles. The molecule has 2 N–H and O–H groups in total. The van der Waals surface area contributed by atoms with Crippen molar-refractivity contribution in [3.8, 4) is 5.75 Å². The third-order valence-corrected chi connectivity index (χ3v) is 3.68. The van der Waals surface area contributed by atoms with Gasteiger partial charge in [-0.05, 0) is 36.6 Å². The van der Waals surface area contributed by atoms with Crippen molar-refractivity contribution in [2.45, 2.75) is 19.4 Å². The number of nitrogens with one attached hydrogen (secondary N) is 2. The number of rotatable bonds is 7. The molecule has 0 radical (unpaired) electrons. The van der Waals surface area contributed by atoms with Gasteiger partial charge in [-0.1, -0.05) is 12.1 Å². The highest BCUT2D eigenvalue weighted by Crippen LogP contribution is 2.12. The van der Waals surface area contributed by atoms with E-state index in [0.29, 0.717) is 6.54 Å². The van der Waals surface area contributed by atoms with E-state index in [4.69, 9.17) is 4.74 Å². The standard InChI is InChI=1S/C17H25N5O/c1-18-17(20-13-15-10-12-21-22(15)2)19-11-4-5-14-6-8-16(23-3)9-7-14/h6-10,12H,4-5,11,13H2,1-3H3,(H2,18,19,20). The van der Waals surface area contributed by atoms with Gasteiger partial charge >= 0.3 is 0 Å². The second kappa shape index (κ2) is 8.82. The van der Waals surface area contributed by atoms with Crippen LogP contribution in [0.1, 0.15) is 17.7 Å². The van der Waals surface area contributed by atoms with E-state index in [-0.39, 0.29) is 0 Å². The number of nitrogens with zero attached hydrogens (tertiary/aromatic N) is 3. The largest absolute Gasteiger partial charge is 0.497 e. The quantitative estimate of drug-likeness (QED) is 0.464. The summed E-state index contributed by atoms with van der Waals surface area (Å²) >= 11 is 0. The molecule has 0 bridgehead atoms. The molecule has 2 rings (SSSR count). The Hall–Kier alpha value is -2.50. The van der Waals surface area contributed by atoms with Crippen molar-refractivity contribution in [1.82, 2.24) is 20.4 Å². The monoisotopic (exact) mass is 315 g/mol. The van der Waals surface area contributed by atoms with E-state index >= 15 is 0 Å². The van der Waals surface area contributed by atoms with Crippen LogP contribution in [0.25, 0.3) is 0 Å². The molecular weight excluding hydrogens is 290 g/mol. The fourth-order valence-electron chi connectivity index (χ4n) is 2.26. The minimum atomic E-state index is 0.703. The SMILES string of the molecule is CN=C(NCCCc1ccc(OC)cc1)NCc1ccnn1C. The Kier molecular flexibility index (Phi) is 6.47. The van der Waals surface area contributed by atoms with Crippen LogP contribution in [0.15, 0.2) is 41.5 Å². The third-order valence-electron chi connectivity index (χ3n) is 3.68. The van der Waals surface area contributed by atoms with Crippen LogP contribution >= 0.6 is 0 Å². The summed E-state index contributed by atoms with van der Waals surface area (Å²) in [6, 6.07) is 10.2. The van der Waals surface area contributed by atoms with Crippen LogP contribution in [-0.2, 0) is 20.0 Å². The van der Waals surface area contributed by atoms with Gasteiger partial charge in [0.25, 0.3) is 0 Å². The molecule has 1 heterocycles. The van der Waals surface area contributed by atoms with Gasteiger partial charge in [0.15, 0.2) is 5.96 Å². The Labute approximate surface area is 137 Å². The van der Waals surface area contributed by atoms with Crippen LogP contribution in [-0.4, -0.2) is 36.4 Å². The van der Waals surface area contributed by atoms with Crippen molar-refractivity contribution < 1.29 is 4.74 Å². The molecule has 6 heteroatoms. The van der Waals surface area contributed by atoms with Gasteiger partial charge in [-0.3, -0.25) is 9.67 Å². The number of methoxy groups -OCH3 is 1. The lowest BCUT2D eigenvalue weighted by Gasteiger charge is -2.12. The van der Waals surface area contributed by atoms with Gasteiger partial charge in [0.05, 0.1) is 19.3 Å². The third kappa shape index (κ3) is 5.32. The highest BCUT2D eigenvalue weighted by molar-refractivity contribution is 5.79. The minimum absolute atomic E-state index is 0.703. The molecule has 0 fully saturated rings. The van der Waals surface area contributed by atoms with Gasteiger partial charge in [-0.25, -0.2) is 0 Å². The second-order valence-electron chi connectivity index (χ2n) is 5.25. The van der Waals surface area contributed by atoms with Crippen LogP contribution in [0.4, 0.5) is 0 Å². The molecule has 0 aliphatic rings. The smallest absolute Gasteiger partial charge is 0.191 e. The molecule has 1 aromatic heterocycles. The van der Waals surface area contributed by atoms with E-state index in [1.165, 1.54) is 5.56 Å². The Bertz CT molecular complexity index is 618. The maximum atomic E-state index is 5.16. The lowest BCUT2D eigenvalue weighted by molar-refractivity contribution is 0.414. The number of aromatic nitrogens is 2. The van der Waals surface area contributed by atoms with Crippen molar-refractivity contribution in [3.05, 3.63) is 47.8 Å². The summed E-state index contributed by atoms with van der Waals surface area (Å²) in [7, 11) is 5.40. The van der Waals surface area contributed by atoms with Crippen LogP contribution < -0.4 is 15.4 Å². The molecule has 1 aromatic carbocycles. The van der Waals surface area contributed by atoms with E-state index in [1.807, 2.05) is 29.9 Å². The fourth-order valence-corrected chi connectivity index (χ4v) is 2.26. The van der Waals surface area contributed by atoms with Gasteiger partial charge in [-0.2, -0.15) is 5.10 Å². The predicted octanol–water partition coefficient (Wildman–Crippen LogP) is 1.73.